The number of aromatic nitrogens is 1. The second-order valence-electron chi connectivity index (χ2n) is 6.31. The summed E-state index contributed by atoms with van der Waals surface area (Å²) in [6, 6.07) is 4.93. The number of rotatable bonds is 4. The summed E-state index contributed by atoms with van der Waals surface area (Å²) in [7, 11) is -3.85. The second-order valence-corrected chi connectivity index (χ2v) is 9.36. The molecule has 1 aliphatic rings. The number of fused-ring (bicyclic) bond motifs is 1. The summed E-state index contributed by atoms with van der Waals surface area (Å²) in [6.45, 7) is 7.49. The molecule has 0 saturated heterocycles. The highest BCUT2D eigenvalue weighted by molar-refractivity contribution is 7.93. The maximum atomic E-state index is 13.2. The van der Waals surface area contributed by atoms with Crippen molar-refractivity contribution < 1.29 is 22.4 Å². The summed E-state index contributed by atoms with van der Waals surface area (Å²) in [4.78, 5) is 1.75. The quantitative estimate of drug-likeness (QED) is 0.699. The van der Waals surface area contributed by atoms with Gasteiger partial charge in [-0.2, -0.15) is 0 Å². The zero-order valence-corrected chi connectivity index (χ0v) is 16.9. The lowest BCUT2D eigenvalue weighted by Gasteiger charge is -2.11. The molecule has 0 atom stereocenters. The summed E-state index contributed by atoms with van der Waals surface area (Å²) in [5, 5.41) is 3.97. The molecule has 0 saturated carbocycles. The molecule has 3 heterocycles. The van der Waals surface area contributed by atoms with Gasteiger partial charge in [-0.3, -0.25) is 4.72 Å². The monoisotopic (exact) mass is 406 g/mol. The number of nitrogens with zero attached hydrogens (tertiary/aromatic N) is 1. The lowest BCUT2D eigenvalue weighted by Crippen LogP contribution is -2.14. The van der Waals surface area contributed by atoms with Crippen molar-refractivity contribution in [3.8, 4) is 22.8 Å². The van der Waals surface area contributed by atoms with Crippen molar-refractivity contribution in [2.45, 2.75) is 32.6 Å². The molecular weight excluding hydrogens is 388 g/mol. The van der Waals surface area contributed by atoms with Crippen LogP contribution in [-0.4, -0.2) is 20.4 Å². The lowest BCUT2D eigenvalue weighted by molar-refractivity contribution is 0.174. The molecule has 0 bridgehead atoms. The van der Waals surface area contributed by atoms with E-state index < -0.39 is 10.0 Å². The highest BCUT2D eigenvalue weighted by atomic mass is 32.2. The molecule has 7 nitrogen and oxygen atoms in total. The van der Waals surface area contributed by atoms with Crippen molar-refractivity contribution in [2.24, 2.45) is 0 Å². The summed E-state index contributed by atoms with van der Waals surface area (Å²) >= 11 is 1.41. The summed E-state index contributed by atoms with van der Waals surface area (Å²) in [5.74, 6) is 1.59. The summed E-state index contributed by atoms with van der Waals surface area (Å²) < 4.78 is 45.1. The topological polar surface area (TPSA) is 90.7 Å². The third kappa shape index (κ3) is 2.96. The molecule has 142 valence electrons. The van der Waals surface area contributed by atoms with Crippen LogP contribution in [0.4, 0.5) is 5.69 Å². The van der Waals surface area contributed by atoms with Crippen molar-refractivity contribution in [3.63, 3.8) is 0 Å². The minimum atomic E-state index is -3.85. The maximum Gasteiger partial charge on any atom is 0.263 e. The van der Waals surface area contributed by atoms with Crippen LogP contribution in [0.3, 0.4) is 0 Å². The molecule has 4 rings (SSSR count). The Bertz CT molecular complexity index is 1140. The predicted molar refractivity (Wildman–Crippen MR) is 102 cm³/mol. The minimum absolute atomic E-state index is 0.128. The van der Waals surface area contributed by atoms with E-state index in [1.165, 1.54) is 11.3 Å². The Labute approximate surface area is 161 Å². The first-order chi connectivity index (χ1) is 12.8. The van der Waals surface area contributed by atoms with E-state index in [1.807, 2.05) is 20.8 Å². The van der Waals surface area contributed by atoms with Gasteiger partial charge < -0.3 is 14.0 Å². The number of ether oxygens (including phenoxy) is 2. The standard InChI is InChI=1S/C18H18N2O5S2/c1-9-10(2)19-25-17(9)16-11(3)26-12(4)18(16)27(21,22)20-13-5-6-14-15(7-13)24-8-23-14/h5-7,20H,8H2,1-4H3. The molecule has 1 aliphatic heterocycles. The van der Waals surface area contributed by atoms with Gasteiger partial charge in [0, 0.05) is 21.4 Å². The fraction of sp³-hybridized carbons (Fsp3) is 0.278. The third-order valence-corrected chi connectivity index (χ3v) is 7.18. The first-order valence-electron chi connectivity index (χ1n) is 8.23. The normalized spacial score (nSPS) is 13.2. The van der Waals surface area contributed by atoms with Crippen LogP contribution in [0.15, 0.2) is 27.6 Å². The van der Waals surface area contributed by atoms with Crippen molar-refractivity contribution in [3.05, 3.63) is 39.2 Å². The Hall–Kier alpha value is -2.52. The molecule has 1 aromatic carbocycles. The van der Waals surface area contributed by atoms with Gasteiger partial charge in [0.2, 0.25) is 6.79 Å². The highest BCUT2D eigenvalue weighted by Crippen LogP contribution is 2.42. The van der Waals surface area contributed by atoms with Gasteiger partial charge in [-0.05, 0) is 39.8 Å². The molecule has 0 spiro atoms. The minimum Gasteiger partial charge on any atom is -0.454 e. The zero-order chi connectivity index (χ0) is 19.3. The molecule has 0 aliphatic carbocycles. The van der Waals surface area contributed by atoms with Crippen molar-refractivity contribution in [1.29, 1.82) is 0 Å². The van der Waals surface area contributed by atoms with Gasteiger partial charge in [-0.15, -0.1) is 11.3 Å². The summed E-state index contributed by atoms with van der Waals surface area (Å²) in [5.41, 5.74) is 2.53. The van der Waals surface area contributed by atoms with Crippen LogP contribution < -0.4 is 14.2 Å². The van der Waals surface area contributed by atoms with Crippen LogP contribution >= 0.6 is 11.3 Å². The fourth-order valence-electron chi connectivity index (χ4n) is 3.06. The van der Waals surface area contributed by atoms with E-state index in [9.17, 15) is 8.42 Å². The number of aryl methyl sites for hydroxylation is 3. The van der Waals surface area contributed by atoms with Crippen LogP contribution in [0.5, 0.6) is 11.5 Å². The van der Waals surface area contributed by atoms with Gasteiger partial charge in [0.1, 0.15) is 4.90 Å². The van der Waals surface area contributed by atoms with E-state index in [4.69, 9.17) is 14.0 Å². The predicted octanol–water partition coefficient (Wildman–Crippen LogP) is 4.17. The van der Waals surface area contributed by atoms with Crippen LogP contribution in [-0.2, 0) is 10.0 Å². The first kappa shape index (κ1) is 17.9. The lowest BCUT2D eigenvalue weighted by atomic mass is 10.1. The van der Waals surface area contributed by atoms with Crippen LogP contribution in [0.1, 0.15) is 21.0 Å². The maximum absolute atomic E-state index is 13.2. The van der Waals surface area contributed by atoms with Crippen LogP contribution in [0.2, 0.25) is 0 Å². The number of anilines is 1. The molecule has 0 amide bonds. The fourth-order valence-corrected chi connectivity index (χ4v) is 5.97. The number of hydrogen-bond acceptors (Lipinski definition) is 7. The molecule has 27 heavy (non-hydrogen) atoms. The molecule has 0 unspecified atom stereocenters. The van der Waals surface area contributed by atoms with E-state index in [2.05, 4.69) is 9.88 Å². The largest absolute Gasteiger partial charge is 0.454 e. The number of hydrogen-bond donors (Lipinski definition) is 1. The van der Waals surface area contributed by atoms with Gasteiger partial charge in [0.05, 0.1) is 16.9 Å². The molecule has 3 aromatic rings. The number of sulfonamides is 1. The van der Waals surface area contributed by atoms with Gasteiger partial charge in [0.15, 0.2) is 17.3 Å². The Balaban J connectivity index is 1.79. The van der Waals surface area contributed by atoms with Crippen molar-refractivity contribution >= 4 is 27.0 Å². The molecule has 0 fully saturated rings. The Morgan fingerprint density at radius 2 is 1.81 bits per heavy atom. The van der Waals surface area contributed by atoms with Gasteiger partial charge in [-0.1, -0.05) is 5.16 Å². The SMILES string of the molecule is Cc1noc(-c2c(C)sc(C)c2S(=O)(=O)Nc2ccc3c(c2)OCO3)c1C. The molecule has 0 radical (unpaired) electrons. The average Bonchev–Trinajstić information content (AvgIpc) is 3.26. The Morgan fingerprint density at radius 3 is 2.52 bits per heavy atom. The van der Waals surface area contributed by atoms with E-state index in [-0.39, 0.29) is 11.7 Å². The number of thiophene rings is 1. The first-order valence-corrected chi connectivity index (χ1v) is 10.5. The van der Waals surface area contributed by atoms with Crippen LogP contribution in [0.25, 0.3) is 11.3 Å². The molecular formula is C18H18N2O5S2. The van der Waals surface area contributed by atoms with E-state index >= 15 is 0 Å². The highest BCUT2D eigenvalue weighted by Gasteiger charge is 2.30. The molecule has 1 N–H and O–H groups in total. The van der Waals surface area contributed by atoms with Gasteiger partial charge in [0.25, 0.3) is 10.0 Å². The smallest absolute Gasteiger partial charge is 0.263 e. The van der Waals surface area contributed by atoms with Gasteiger partial charge >= 0.3 is 0 Å². The Morgan fingerprint density at radius 1 is 1.07 bits per heavy atom. The van der Waals surface area contributed by atoms with E-state index in [0.29, 0.717) is 33.4 Å². The second kappa shape index (κ2) is 6.28. The average molecular weight is 406 g/mol. The van der Waals surface area contributed by atoms with Gasteiger partial charge in [-0.25, -0.2) is 8.42 Å². The van der Waals surface area contributed by atoms with E-state index in [0.717, 1.165) is 16.1 Å². The molecule has 9 heteroatoms. The van der Waals surface area contributed by atoms with E-state index in [1.54, 1.807) is 25.1 Å². The number of benzene rings is 1. The Kier molecular flexibility index (Phi) is 4.15. The van der Waals surface area contributed by atoms with Crippen molar-refractivity contribution in [2.75, 3.05) is 11.5 Å². The summed E-state index contributed by atoms with van der Waals surface area (Å²) in [6.07, 6.45) is 0. The third-order valence-electron chi connectivity index (χ3n) is 4.48. The zero-order valence-electron chi connectivity index (χ0n) is 15.2. The number of nitrogens with one attached hydrogen (secondary N) is 1. The molecule has 2 aromatic heterocycles. The van der Waals surface area contributed by atoms with Crippen LogP contribution in [0, 0.1) is 27.7 Å². The van der Waals surface area contributed by atoms with Crippen molar-refractivity contribution in [1.82, 2.24) is 5.16 Å².